The average molecular weight is 365 g/mol. The van der Waals surface area contributed by atoms with Gasteiger partial charge in [0.1, 0.15) is 0 Å². The molecule has 0 aliphatic rings. The molecule has 4 rings (SSSR count). The van der Waals surface area contributed by atoms with Crippen molar-refractivity contribution in [2.24, 2.45) is 0 Å². The second-order valence-corrected chi connectivity index (χ2v) is 8.12. The molecule has 1 heteroatoms. The zero-order chi connectivity index (χ0) is 19.6. The maximum absolute atomic E-state index is 2.46. The van der Waals surface area contributed by atoms with Gasteiger partial charge in [0.2, 0.25) is 11.4 Å². The van der Waals surface area contributed by atoms with E-state index in [1.807, 2.05) is 0 Å². The Morgan fingerprint density at radius 3 is 1.18 bits per heavy atom. The molecule has 1 aromatic heterocycles. The number of hydrogen-bond acceptors (Lipinski definition) is 0. The van der Waals surface area contributed by atoms with E-state index in [4.69, 9.17) is 0 Å². The van der Waals surface area contributed by atoms with Crippen LogP contribution >= 0.6 is 0 Å². The standard InChI is InChI=1S/C27H26N/c1-27(2,3)28-25(22-15-9-5-10-16-22)19-24(21-13-7-4-8-14-21)20-26(28)23-17-11-6-12-18-23/h4-20H,1-3H3/q+1. The molecule has 0 saturated heterocycles. The fourth-order valence-electron chi connectivity index (χ4n) is 3.76. The van der Waals surface area contributed by atoms with Gasteiger partial charge in [-0.3, -0.25) is 0 Å². The molecule has 1 heterocycles. The Bertz CT molecular complexity index is 999. The van der Waals surface area contributed by atoms with Gasteiger partial charge in [-0.15, -0.1) is 0 Å². The van der Waals surface area contributed by atoms with E-state index in [2.05, 4.69) is 128 Å². The molecule has 0 N–H and O–H groups in total. The van der Waals surface area contributed by atoms with Gasteiger partial charge in [0.25, 0.3) is 0 Å². The number of benzene rings is 3. The number of nitrogens with zero attached hydrogens (tertiary/aromatic N) is 1. The lowest BCUT2D eigenvalue weighted by molar-refractivity contribution is -0.734. The number of hydrogen-bond donors (Lipinski definition) is 0. The minimum Gasteiger partial charge on any atom is -0.187 e. The van der Waals surface area contributed by atoms with E-state index in [0.29, 0.717) is 0 Å². The van der Waals surface area contributed by atoms with Gasteiger partial charge in [-0.2, -0.15) is 4.57 Å². The molecule has 138 valence electrons. The molecule has 0 aliphatic heterocycles. The highest BCUT2D eigenvalue weighted by atomic mass is 15.1. The summed E-state index contributed by atoms with van der Waals surface area (Å²) in [7, 11) is 0. The smallest absolute Gasteiger partial charge is 0.187 e. The third-order valence-electron chi connectivity index (χ3n) is 4.98. The van der Waals surface area contributed by atoms with Crippen molar-refractivity contribution in [3.8, 4) is 33.6 Å². The van der Waals surface area contributed by atoms with Gasteiger partial charge in [-0.1, -0.05) is 66.7 Å². The summed E-state index contributed by atoms with van der Waals surface area (Å²) in [6, 6.07) is 36.6. The summed E-state index contributed by atoms with van der Waals surface area (Å²) in [6.45, 7) is 6.82. The largest absolute Gasteiger partial charge is 0.214 e. The molecule has 0 amide bonds. The van der Waals surface area contributed by atoms with E-state index < -0.39 is 0 Å². The van der Waals surface area contributed by atoms with Crippen LogP contribution in [0.1, 0.15) is 20.8 Å². The number of pyridine rings is 1. The van der Waals surface area contributed by atoms with E-state index in [1.54, 1.807) is 0 Å². The van der Waals surface area contributed by atoms with Gasteiger partial charge >= 0.3 is 0 Å². The molecule has 0 spiro atoms. The fraction of sp³-hybridized carbons (Fsp3) is 0.148. The molecule has 0 bridgehead atoms. The first-order valence-electron chi connectivity index (χ1n) is 9.81. The molecule has 0 aliphatic carbocycles. The highest BCUT2D eigenvalue weighted by Gasteiger charge is 2.32. The van der Waals surface area contributed by atoms with Crippen LogP contribution in [0.2, 0.25) is 0 Å². The van der Waals surface area contributed by atoms with Crippen LogP contribution in [0.15, 0.2) is 103 Å². The Kier molecular flexibility index (Phi) is 4.83. The maximum atomic E-state index is 2.46. The van der Waals surface area contributed by atoms with Crippen LogP contribution in [0, 0.1) is 0 Å². The second-order valence-electron chi connectivity index (χ2n) is 8.12. The van der Waals surface area contributed by atoms with Crippen LogP contribution in [0.5, 0.6) is 0 Å². The molecular weight excluding hydrogens is 338 g/mol. The van der Waals surface area contributed by atoms with E-state index in [1.165, 1.54) is 33.6 Å². The monoisotopic (exact) mass is 364 g/mol. The van der Waals surface area contributed by atoms with Gasteiger partial charge in [0.15, 0.2) is 5.54 Å². The van der Waals surface area contributed by atoms with Crippen molar-refractivity contribution in [3.63, 3.8) is 0 Å². The Labute approximate surface area is 167 Å². The van der Waals surface area contributed by atoms with E-state index in [0.717, 1.165) is 0 Å². The first kappa shape index (κ1) is 18.2. The van der Waals surface area contributed by atoms with Crippen LogP contribution < -0.4 is 4.57 Å². The predicted molar refractivity (Wildman–Crippen MR) is 118 cm³/mol. The molecule has 0 atom stereocenters. The van der Waals surface area contributed by atoms with E-state index >= 15 is 0 Å². The van der Waals surface area contributed by atoms with Crippen LogP contribution in [-0.2, 0) is 5.54 Å². The highest BCUT2D eigenvalue weighted by Crippen LogP contribution is 2.31. The molecule has 0 saturated carbocycles. The van der Waals surface area contributed by atoms with Gasteiger partial charge in [-0.05, 0) is 35.4 Å². The maximum Gasteiger partial charge on any atom is 0.214 e. The minimum atomic E-state index is -0.0639. The average Bonchev–Trinajstić information content (AvgIpc) is 2.74. The van der Waals surface area contributed by atoms with Crippen molar-refractivity contribution in [1.29, 1.82) is 0 Å². The lowest BCUT2D eigenvalue weighted by atomic mass is 9.95. The van der Waals surface area contributed by atoms with Crippen LogP contribution in [0.25, 0.3) is 33.6 Å². The van der Waals surface area contributed by atoms with Crippen molar-refractivity contribution in [1.82, 2.24) is 0 Å². The van der Waals surface area contributed by atoms with Crippen molar-refractivity contribution in [2.75, 3.05) is 0 Å². The summed E-state index contributed by atoms with van der Waals surface area (Å²) in [6.07, 6.45) is 0. The van der Waals surface area contributed by atoms with Gasteiger partial charge in [-0.25, -0.2) is 0 Å². The van der Waals surface area contributed by atoms with Gasteiger partial charge in [0, 0.05) is 44.0 Å². The van der Waals surface area contributed by atoms with Crippen molar-refractivity contribution < 1.29 is 4.57 Å². The Morgan fingerprint density at radius 2 is 0.821 bits per heavy atom. The summed E-state index contributed by atoms with van der Waals surface area (Å²) >= 11 is 0. The Morgan fingerprint density at radius 1 is 0.464 bits per heavy atom. The fourth-order valence-corrected chi connectivity index (χ4v) is 3.76. The molecule has 1 nitrogen and oxygen atoms in total. The summed E-state index contributed by atoms with van der Waals surface area (Å²) in [4.78, 5) is 0. The van der Waals surface area contributed by atoms with E-state index in [-0.39, 0.29) is 5.54 Å². The van der Waals surface area contributed by atoms with Crippen LogP contribution in [0.3, 0.4) is 0 Å². The molecule has 0 unspecified atom stereocenters. The van der Waals surface area contributed by atoms with Crippen molar-refractivity contribution >= 4 is 0 Å². The van der Waals surface area contributed by atoms with Crippen LogP contribution in [0.4, 0.5) is 0 Å². The summed E-state index contributed by atoms with van der Waals surface area (Å²) in [5, 5.41) is 0. The molecule has 4 aromatic rings. The summed E-state index contributed by atoms with van der Waals surface area (Å²) in [5.41, 5.74) is 7.32. The molecule has 0 radical (unpaired) electrons. The third-order valence-corrected chi connectivity index (χ3v) is 4.98. The lowest BCUT2D eigenvalue weighted by Crippen LogP contribution is -2.53. The Hall–Kier alpha value is -3.19. The summed E-state index contributed by atoms with van der Waals surface area (Å²) < 4.78 is 2.46. The Balaban J connectivity index is 2.08. The molecule has 3 aromatic carbocycles. The highest BCUT2D eigenvalue weighted by molar-refractivity contribution is 5.73. The first-order valence-corrected chi connectivity index (χ1v) is 9.81. The second kappa shape index (κ2) is 7.44. The summed E-state index contributed by atoms with van der Waals surface area (Å²) in [5.74, 6) is 0. The normalized spacial score (nSPS) is 11.4. The zero-order valence-corrected chi connectivity index (χ0v) is 16.8. The van der Waals surface area contributed by atoms with Gasteiger partial charge < -0.3 is 0 Å². The SMILES string of the molecule is CC(C)(C)[n+]1c(-c2ccccc2)cc(-c2ccccc2)cc1-c1ccccc1. The first-order chi connectivity index (χ1) is 13.5. The predicted octanol–water partition coefficient (Wildman–Crippen LogP) is 6.73. The quantitative estimate of drug-likeness (QED) is 0.355. The van der Waals surface area contributed by atoms with Crippen molar-refractivity contribution in [3.05, 3.63) is 103 Å². The minimum absolute atomic E-state index is 0.0639. The number of aromatic nitrogens is 1. The molecule has 0 fully saturated rings. The topological polar surface area (TPSA) is 3.88 Å². The lowest BCUT2D eigenvalue weighted by Gasteiger charge is -2.21. The molecular formula is C27H26N+. The molecule has 28 heavy (non-hydrogen) atoms. The van der Waals surface area contributed by atoms with Crippen LogP contribution in [-0.4, -0.2) is 0 Å². The van der Waals surface area contributed by atoms with Gasteiger partial charge in [0.05, 0.1) is 0 Å². The number of rotatable bonds is 3. The van der Waals surface area contributed by atoms with Crippen molar-refractivity contribution in [2.45, 2.75) is 26.3 Å². The zero-order valence-electron chi connectivity index (χ0n) is 16.8. The van der Waals surface area contributed by atoms with E-state index in [9.17, 15) is 0 Å². The third kappa shape index (κ3) is 3.61.